The fourth-order valence-electron chi connectivity index (χ4n) is 2.19. The molecule has 0 aliphatic carbocycles. The molecule has 0 bridgehead atoms. The number of hydrogen-bond acceptors (Lipinski definition) is 3. The number of carbonyl (C=O) groups excluding carboxylic acids is 1. The number of nitrogens with zero attached hydrogens (tertiary/aromatic N) is 1. The van der Waals surface area contributed by atoms with Crippen LogP contribution in [0, 0.1) is 12.8 Å². The van der Waals surface area contributed by atoms with Crippen molar-refractivity contribution in [3.63, 3.8) is 0 Å². The fraction of sp³-hybridized carbons (Fsp3) is 0.500. The van der Waals surface area contributed by atoms with Crippen LogP contribution in [0.2, 0.25) is 0 Å². The van der Waals surface area contributed by atoms with Gasteiger partial charge in [0.15, 0.2) is 6.61 Å². The van der Waals surface area contributed by atoms with Crippen molar-refractivity contribution in [2.75, 3.05) is 26.2 Å². The van der Waals surface area contributed by atoms with Gasteiger partial charge in [-0.3, -0.25) is 4.79 Å². The minimum atomic E-state index is 0.0486. The quantitative estimate of drug-likeness (QED) is 0.870. The molecule has 2 N–H and O–H groups in total. The summed E-state index contributed by atoms with van der Waals surface area (Å²) in [5.74, 6) is 1.25. The Labute approximate surface area is 108 Å². The summed E-state index contributed by atoms with van der Waals surface area (Å²) < 4.78 is 5.51. The van der Waals surface area contributed by atoms with E-state index in [1.165, 1.54) is 0 Å². The molecular weight excluding hydrogens is 228 g/mol. The zero-order valence-corrected chi connectivity index (χ0v) is 10.8. The van der Waals surface area contributed by atoms with Crippen molar-refractivity contribution in [2.45, 2.75) is 13.3 Å². The van der Waals surface area contributed by atoms with Crippen LogP contribution >= 0.6 is 0 Å². The van der Waals surface area contributed by atoms with E-state index in [4.69, 9.17) is 10.5 Å². The molecule has 1 fully saturated rings. The Balaban J connectivity index is 1.82. The number of benzene rings is 1. The number of likely N-dealkylation sites (tertiary alicyclic amines) is 1. The van der Waals surface area contributed by atoms with Crippen LogP contribution in [0.3, 0.4) is 0 Å². The maximum atomic E-state index is 11.9. The molecule has 0 radical (unpaired) electrons. The maximum Gasteiger partial charge on any atom is 0.260 e. The Morgan fingerprint density at radius 2 is 2.39 bits per heavy atom. The van der Waals surface area contributed by atoms with Crippen LogP contribution in [0.1, 0.15) is 12.0 Å². The highest BCUT2D eigenvalue weighted by molar-refractivity contribution is 5.78. The molecule has 0 unspecified atom stereocenters. The van der Waals surface area contributed by atoms with Crippen molar-refractivity contribution in [1.82, 2.24) is 4.90 Å². The predicted octanol–water partition coefficient (Wildman–Crippen LogP) is 1.18. The van der Waals surface area contributed by atoms with Crippen LogP contribution in [0.25, 0.3) is 0 Å². The van der Waals surface area contributed by atoms with E-state index in [0.29, 0.717) is 12.5 Å². The second-order valence-electron chi connectivity index (χ2n) is 4.84. The molecule has 2 rings (SSSR count). The normalized spacial score (nSPS) is 19.0. The zero-order valence-electron chi connectivity index (χ0n) is 10.8. The van der Waals surface area contributed by atoms with Crippen LogP contribution in [0.15, 0.2) is 24.3 Å². The van der Waals surface area contributed by atoms with E-state index in [0.717, 1.165) is 30.8 Å². The summed E-state index contributed by atoms with van der Waals surface area (Å²) in [4.78, 5) is 13.8. The van der Waals surface area contributed by atoms with Gasteiger partial charge in [-0.25, -0.2) is 0 Å². The van der Waals surface area contributed by atoms with E-state index in [1.807, 2.05) is 36.1 Å². The summed E-state index contributed by atoms with van der Waals surface area (Å²) in [5, 5.41) is 0. The molecule has 4 heteroatoms. The van der Waals surface area contributed by atoms with Gasteiger partial charge in [-0.15, -0.1) is 0 Å². The molecule has 1 atom stereocenters. The molecule has 1 aliphatic rings. The first-order valence-corrected chi connectivity index (χ1v) is 6.36. The number of carbonyl (C=O) groups is 1. The molecule has 1 amide bonds. The van der Waals surface area contributed by atoms with Crippen molar-refractivity contribution in [2.24, 2.45) is 11.7 Å². The molecule has 1 aromatic carbocycles. The average molecular weight is 248 g/mol. The average Bonchev–Trinajstić information content (AvgIpc) is 2.85. The standard InChI is InChI=1S/C14H20N2O2/c1-11-3-2-4-13(7-11)18-10-14(17)16-6-5-12(8-15)9-16/h2-4,7,12H,5-6,8-10,15H2,1H3/t12-/m1/s1. The van der Waals surface area contributed by atoms with E-state index in [2.05, 4.69) is 0 Å². The number of hydrogen-bond donors (Lipinski definition) is 1. The SMILES string of the molecule is Cc1cccc(OCC(=O)N2CC[C@H](CN)C2)c1. The second kappa shape index (κ2) is 5.87. The van der Waals surface area contributed by atoms with Gasteiger partial charge in [-0.05, 0) is 43.5 Å². The summed E-state index contributed by atoms with van der Waals surface area (Å²) in [6, 6.07) is 7.73. The van der Waals surface area contributed by atoms with Crippen molar-refractivity contribution in [3.8, 4) is 5.75 Å². The lowest BCUT2D eigenvalue weighted by Crippen LogP contribution is -2.33. The third-order valence-corrected chi connectivity index (χ3v) is 3.32. The Morgan fingerprint density at radius 3 is 3.06 bits per heavy atom. The maximum absolute atomic E-state index is 11.9. The third kappa shape index (κ3) is 3.23. The summed E-state index contributed by atoms with van der Waals surface area (Å²) >= 11 is 0. The molecule has 1 saturated heterocycles. The van der Waals surface area contributed by atoms with Gasteiger partial charge < -0.3 is 15.4 Å². The summed E-state index contributed by atoms with van der Waals surface area (Å²) in [5.41, 5.74) is 6.74. The topological polar surface area (TPSA) is 55.6 Å². The Kier molecular flexibility index (Phi) is 4.20. The highest BCUT2D eigenvalue weighted by atomic mass is 16.5. The Bertz CT molecular complexity index is 420. The molecule has 0 spiro atoms. The largest absolute Gasteiger partial charge is 0.484 e. The van der Waals surface area contributed by atoms with Gasteiger partial charge in [-0.2, -0.15) is 0 Å². The molecule has 0 saturated carbocycles. The molecule has 1 aliphatic heterocycles. The van der Waals surface area contributed by atoms with Crippen molar-refractivity contribution in [3.05, 3.63) is 29.8 Å². The fourth-order valence-corrected chi connectivity index (χ4v) is 2.19. The smallest absolute Gasteiger partial charge is 0.260 e. The first-order chi connectivity index (χ1) is 8.69. The zero-order chi connectivity index (χ0) is 13.0. The van der Waals surface area contributed by atoms with Crippen LogP contribution in [-0.4, -0.2) is 37.0 Å². The van der Waals surface area contributed by atoms with Crippen molar-refractivity contribution < 1.29 is 9.53 Å². The van der Waals surface area contributed by atoms with Crippen LogP contribution in [-0.2, 0) is 4.79 Å². The van der Waals surface area contributed by atoms with Gasteiger partial charge in [0.25, 0.3) is 5.91 Å². The van der Waals surface area contributed by atoms with Crippen LogP contribution in [0.5, 0.6) is 5.75 Å². The van der Waals surface area contributed by atoms with E-state index < -0.39 is 0 Å². The number of aryl methyl sites for hydroxylation is 1. The predicted molar refractivity (Wildman–Crippen MR) is 70.4 cm³/mol. The monoisotopic (exact) mass is 248 g/mol. The van der Waals surface area contributed by atoms with E-state index >= 15 is 0 Å². The van der Waals surface area contributed by atoms with E-state index in [-0.39, 0.29) is 12.5 Å². The lowest BCUT2D eigenvalue weighted by Gasteiger charge is -2.16. The van der Waals surface area contributed by atoms with Gasteiger partial charge in [0.1, 0.15) is 5.75 Å². The van der Waals surface area contributed by atoms with Gasteiger partial charge in [0, 0.05) is 13.1 Å². The molecule has 4 nitrogen and oxygen atoms in total. The number of ether oxygens (including phenoxy) is 1. The van der Waals surface area contributed by atoms with Crippen molar-refractivity contribution >= 4 is 5.91 Å². The summed E-state index contributed by atoms with van der Waals surface area (Å²) in [7, 11) is 0. The lowest BCUT2D eigenvalue weighted by atomic mass is 10.1. The minimum Gasteiger partial charge on any atom is -0.484 e. The Morgan fingerprint density at radius 1 is 1.56 bits per heavy atom. The number of rotatable bonds is 4. The molecule has 98 valence electrons. The molecule has 18 heavy (non-hydrogen) atoms. The lowest BCUT2D eigenvalue weighted by molar-refractivity contribution is -0.132. The minimum absolute atomic E-state index is 0.0486. The van der Waals surface area contributed by atoms with Gasteiger partial charge in [-0.1, -0.05) is 12.1 Å². The van der Waals surface area contributed by atoms with E-state index in [9.17, 15) is 4.79 Å². The first-order valence-electron chi connectivity index (χ1n) is 6.36. The molecular formula is C14H20N2O2. The van der Waals surface area contributed by atoms with Gasteiger partial charge in [0.2, 0.25) is 0 Å². The number of amides is 1. The third-order valence-electron chi connectivity index (χ3n) is 3.32. The van der Waals surface area contributed by atoms with Crippen LogP contribution in [0.4, 0.5) is 0 Å². The summed E-state index contributed by atoms with van der Waals surface area (Å²) in [6.07, 6.45) is 1.01. The van der Waals surface area contributed by atoms with Gasteiger partial charge in [0.05, 0.1) is 0 Å². The Hall–Kier alpha value is -1.55. The molecule has 0 aromatic heterocycles. The van der Waals surface area contributed by atoms with Gasteiger partial charge >= 0.3 is 0 Å². The molecule has 1 heterocycles. The van der Waals surface area contributed by atoms with Crippen molar-refractivity contribution in [1.29, 1.82) is 0 Å². The second-order valence-corrected chi connectivity index (χ2v) is 4.84. The summed E-state index contributed by atoms with van der Waals surface area (Å²) in [6.45, 7) is 4.34. The highest BCUT2D eigenvalue weighted by Gasteiger charge is 2.25. The molecule has 1 aromatic rings. The first kappa shape index (κ1) is 12.9. The van der Waals surface area contributed by atoms with E-state index in [1.54, 1.807) is 0 Å². The number of nitrogens with two attached hydrogens (primary N) is 1. The van der Waals surface area contributed by atoms with Crippen LogP contribution < -0.4 is 10.5 Å². The highest BCUT2D eigenvalue weighted by Crippen LogP contribution is 2.16.